The van der Waals surface area contributed by atoms with E-state index in [4.69, 9.17) is 4.74 Å². The van der Waals surface area contributed by atoms with Gasteiger partial charge in [0, 0.05) is 6.04 Å². The summed E-state index contributed by atoms with van der Waals surface area (Å²) in [4.78, 5) is 11.8. The topological polar surface area (TPSA) is 38.3 Å². The van der Waals surface area contributed by atoms with Crippen molar-refractivity contribution >= 4 is 5.97 Å². The highest BCUT2D eigenvalue weighted by Gasteiger charge is 2.40. The summed E-state index contributed by atoms with van der Waals surface area (Å²) in [5, 5.41) is 3.56. The summed E-state index contributed by atoms with van der Waals surface area (Å²) in [5.41, 5.74) is 0. The van der Waals surface area contributed by atoms with Crippen LogP contribution in [-0.4, -0.2) is 24.7 Å². The monoisotopic (exact) mass is 239 g/mol. The van der Waals surface area contributed by atoms with Crippen molar-refractivity contribution in [2.75, 3.05) is 6.61 Å². The molecule has 3 nitrogen and oxygen atoms in total. The van der Waals surface area contributed by atoms with Crippen molar-refractivity contribution in [3.05, 3.63) is 0 Å². The molecule has 0 aromatic rings. The maximum absolute atomic E-state index is 11.8. The van der Waals surface area contributed by atoms with Gasteiger partial charge in [-0.2, -0.15) is 0 Å². The molecule has 4 unspecified atom stereocenters. The van der Waals surface area contributed by atoms with Crippen LogP contribution in [0.3, 0.4) is 0 Å². The van der Waals surface area contributed by atoms with E-state index in [1.54, 1.807) is 0 Å². The molecule has 0 aliphatic heterocycles. The van der Waals surface area contributed by atoms with Gasteiger partial charge in [-0.3, -0.25) is 4.79 Å². The quantitative estimate of drug-likeness (QED) is 0.724. The first kappa shape index (κ1) is 12.9. The van der Waals surface area contributed by atoms with Crippen molar-refractivity contribution in [1.29, 1.82) is 0 Å². The number of nitrogens with one attached hydrogen (secondary N) is 1. The van der Waals surface area contributed by atoms with Crippen molar-refractivity contribution in [3.63, 3.8) is 0 Å². The summed E-state index contributed by atoms with van der Waals surface area (Å²) in [6.07, 6.45) is 7.32. The highest BCUT2D eigenvalue weighted by Crippen LogP contribution is 2.44. The summed E-state index contributed by atoms with van der Waals surface area (Å²) in [6, 6.07) is 0.485. The highest BCUT2D eigenvalue weighted by molar-refractivity contribution is 5.75. The van der Waals surface area contributed by atoms with Crippen molar-refractivity contribution in [3.8, 4) is 0 Å². The zero-order valence-corrected chi connectivity index (χ0v) is 11.1. The van der Waals surface area contributed by atoms with Gasteiger partial charge in [-0.15, -0.1) is 0 Å². The fourth-order valence-electron chi connectivity index (χ4n) is 3.51. The van der Waals surface area contributed by atoms with Crippen LogP contribution in [0.5, 0.6) is 0 Å². The predicted molar refractivity (Wildman–Crippen MR) is 67.7 cm³/mol. The third-order valence-electron chi connectivity index (χ3n) is 4.30. The van der Waals surface area contributed by atoms with E-state index in [0.29, 0.717) is 12.6 Å². The van der Waals surface area contributed by atoms with Crippen LogP contribution in [0.1, 0.15) is 52.4 Å². The molecule has 0 radical (unpaired) electrons. The number of rotatable bonds is 6. The van der Waals surface area contributed by atoms with Gasteiger partial charge in [0.1, 0.15) is 6.04 Å². The van der Waals surface area contributed by atoms with E-state index in [9.17, 15) is 4.79 Å². The van der Waals surface area contributed by atoms with Gasteiger partial charge in [0.25, 0.3) is 0 Å². The molecule has 2 aliphatic carbocycles. The molecule has 98 valence electrons. The van der Waals surface area contributed by atoms with Crippen molar-refractivity contribution in [2.45, 2.75) is 64.5 Å². The third-order valence-corrected chi connectivity index (χ3v) is 4.30. The van der Waals surface area contributed by atoms with Crippen LogP contribution in [-0.2, 0) is 9.53 Å². The molecule has 2 saturated carbocycles. The van der Waals surface area contributed by atoms with Gasteiger partial charge < -0.3 is 10.1 Å². The van der Waals surface area contributed by atoms with E-state index < -0.39 is 0 Å². The van der Waals surface area contributed by atoms with E-state index >= 15 is 0 Å². The van der Waals surface area contributed by atoms with E-state index in [1.807, 2.05) is 6.92 Å². The lowest BCUT2D eigenvalue weighted by molar-refractivity contribution is -0.146. The maximum Gasteiger partial charge on any atom is 0.323 e. The molecule has 0 amide bonds. The molecule has 2 fully saturated rings. The van der Waals surface area contributed by atoms with Crippen molar-refractivity contribution in [1.82, 2.24) is 5.32 Å². The molecular formula is C14H25NO2. The zero-order chi connectivity index (χ0) is 12.3. The average molecular weight is 239 g/mol. The van der Waals surface area contributed by atoms with E-state index in [0.717, 1.165) is 24.7 Å². The molecule has 3 heteroatoms. The molecule has 0 aromatic carbocycles. The lowest BCUT2D eigenvalue weighted by Gasteiger charge is -2.27. The number of ether oxygens (including phenoxy) is 1. The minimum atomic E-state index is -0.0794. The Labute approximate surface area is 104 Å². The first-order chi connectivity index (χ1) is 8.24. The first-order valence-corrected chi connectivity index (χ1v) is 7.17. The largest absolute Gasteiger partial charge is 0.465 e. The summed E-state index contributed by atoms with van der Waals surface area (Å²) >= 11 is 0. The Morgan fingerprint density at radius 2 is 2.18 bits per heavy atom. The van der Waals surface area contributed by atoms with Crippen LogP contribution in [0.15, 0.2) is 0 Å². The molecule has 2 aliphatic rings. The minimum absolute atomic E-state index is 0.0582. The number of esters is 1. The van der Waals surface area contributed by atoms with Crippen molar-refractivity contribution < 1.29 is 9.53 Å². The minimum Gasteiger partial charge on any atom is -0.465 e. The van der Waals surface area contributed by atoms with Crippen LogP contribution in [0.2, 0.25) is 0 Å². The SMILES string of the molecule is CCCC(NC1CC2CCC1C2)C(=O)OCC. The Kier molecular flexibility index (Phi) is 4.43. The van der Waals surface area contributed by atoms with Gasteiger partial charge in [-0.25, -0.2) is 0 Å². The smallest absolute Gasteiger partial charge is 0.323 e. The summed E-state index contributed by atoms with van der Waals surface area (Å²) in [5.74, 6) is 1.67. The second-order valence-electron chi connectivity index (χ2n) is 5.54. The number of carbonyl (C=O) groups excluding carboxylic acids is 1. The summed E-state index contributed by atoms with van der Waals surface area (Å²) < 4.78 is 5.15. The van der Waals surface area contributed by atoms with Crippen LogP contribution in [0, 0.1) is 11.8 Å². The number of carbonyl (C=O) groups is 1. The molecule has 0 aromatic heterocycles. The molecule has 0 saturated heterocycles. The normalized spacial score (nSPS) is 32.7. The molecule has 0 spiro atoms. The Morgan fingerprint density at radius 1 is 1.35 bits per heavy atom. The predicted octanol–water partition coefficient (Wildman–Crippen LogP) is 2.50. The third kappa shape index (κ3) is 3.01. The van der Waals surface area contributed by atoms with Crippen LogP contribution < -0.4 is 5.32 Å². The first-order valence-electron chi connectivity index (χ1n) is 7.17. The fourth-order valence-corrected chi connectivity index (χ4v) is 3.51. The van der Waals surface area contributed by atoms with Gasteiger partial charge >= 0.3 is 5.97 Å². The van der Waals surface area contributed by atoms with Gasteiger partial charge in [-0.1, -0.05) is 19.8 Å². The molecule has 1 N–H and O–H groups in total. The Bertz CT molecular complexity index is 267. The fraction of sp³-hybridized carbons (Fsp3) is 0.929. The summed E-state index contributed by atoms with van der Waals surface area (Å²) in [6.45, 7) is 4.48. The second-order valence-corrected chi connectivity index (χ2v) is 5.54. The number of hydrogen-bond donors (Lipinski definition) is 1. The average Bonchev–Trinajstić information content (AvgIpc) is 2.90. The lowest BCUT2D eigenvalue weighted by Crippen LogP contribution is -2.46. The van der Waals surface area contributed by atoms with Gasteiger partial charge in [0.05, 0.1) is 6.61 Å². The molecular weight excluding hydrogens is 214 g/mol. The van der Waals surface area contributed by atoms with Gasteiger partial charge in [-0.05, 0) is 44.4 Å². The number of fused-ring (bicyclic) bond motifs is 2. The zero-order valence-electron chi connectivity index (χ0n) is 11.1. The van der Waals surface area contributed by atoms with E-state index in [1.165, 1.54) is 25.7 Å². The molecule has 2 bridgehead atoms. The van der Waals surface area contributed by atoms with Crippen LogP contribution >= 0.6 is 0 Å². The lowest BCUT2D eigenvalue weighted by atomic mass is 9.94. The summed E-state index contributed by atoms with van der Waals surface area (Å²) in [7, 11) is 0. The van der Waals surface area contributed by atoms with E-state index in [2.05, 4.69) is 12.2 Å². The van der Waals surface area contributed by atoms with E-state index in [-0.39, 0.29) is 12.0 Å². The highest BCUT2D eigenvalue weighted by atomic mass is 16.5. The second kappa shape index (κ2) is 5.85. The Morgan fingerprint density at radius 3 is 2.71 bits per heavy atom. The van der Waals surface area contributed by atoms with Crippen molar-refractivity contribution in [2.24, 2.45) is 11.8 Å². The van der Waals surface area contributed by atoms with Gasteiger partial charge in [0.2, 0.25) is 0 Å². The Hall–Kier alpha value is -0.570. The standard InChI is InChI=1S/C14H25NO2/c1-3-5-12(14(16)17-4-2)15-13-9-10-6-7-11(13)8-10/h10-13,15H,3-9H2,1-2H3. The molecule has 2 rings (SSSR count). The number of hydrogen-bond acceptors (Lipinski definition) is 3. The van der Waals surface area contributed by atoms with Gasteiger partial charge in [0.15, 0.2) is 0 Å². The van der Waals surface area contributed by atoms with Crippen LogP contribution in [0.25, 0.3) is 0 Å². The molecule has 17 heavy (non-hydrogen) atoms. The van der Waals surface area contributed by atoms with Crippen LogP contribution in [0.4, 0.5) is 0 Å². The Balaban J connectivity index is 1.86. The molecule has 4 atom stereocenters. The maximum atomic E-state index is 11.8. The molecule has 0 heterocycles.